The van der Waals surface area contributed by atoms with Crippen LogP contribution in [0.1, 0.15) is 36.6 Å². The third-order valence-electron chi connectivity index (χ3n) is 6.90. The van der Waals surface area contributed by atoms with Gasteiger partial charge in [-0.25, -0.2) is 0 Å². The number of fused-ring (bicyclic) bond motifs is 3. The summed E-state index contributed by atoms with van der Waals surface area (Å²) >= 11 is 0. The number of rotatable bonds is 8. The molecule has 3 aromatic rings. The minimum absolute atomic E-state index is 0.0444. The van der Waals surface area contributed by atoms with E-state index in [0.717, 1.165) is 36.6 Å². The number of hydrogen-bond donors (Lipinski definition) is 1. The molecule has 2 bridgehead atoms. The molecule has 3 saturated heterocycles. The molecule has 2 aromatic heterocycles. The first-order valence-corrected chi connectivity index (χ1v) is 12.3. The highest BCUT2D eigenvalue weighted by atomic mass is 19.4. The number of anilines is 2. The summed E-state index contributed by atoms with van der Waals surface area (Å²) in [5.41, 5.74) is 3.12. The summed E-state index contributed by atoms with van der Waals surface area (Å²) in [5, 5.41) is 11.4. The molecule has 7 nitrogen and oxygen atoms in total. The molecule has 6 rings (SSSR count). The highest BCUT2D eigenvalue weighted by molar-refractivity contribution is 5.51. The second kappa shape index (κ2) is 10.3. The summed E-state index contributed by atoms with van der Waals surface area (Å²) in [5.74, 6) is 0.872. The number of allylic oxidation sites excluding steroid dienone is 1. The van der Waals surface area contributed by atoms with E-state index >= 15 is 0 Å². The molecule has 10 heteroatoms. The molecule has 37 heavy (non-hydrogen) atoms. The van der Waals surface area contributed by atoms with Gasteiger partial charge in [0.05, 0.1) is 0 Å². The predicted molar refractivity (Wildman–Crippen MR) is 135 cm³/mol. The first kappa shape index (κ1) is 24.9. The molecule has 2 atom stereocenters. The lowest BCUT2D eigenvalue weighted by Crippen LogP contribution is -2.62. The van der Waals surface area contributed by atoms with Crippen LogP contribution in [0.2, 0.25) is 0 Å². The zero-order chi connectivity index (χ0) is 26.0. The Balaban J connectivity index is 1.10. The van der Waals surface area contributed by atoms with E-state index < -0.39 is 11.9 Å². The minimum atomic E-state index is -4.46. The van der Waals surface area contributed by atoms with Crippen LogP contribution in [0.25, 0.3) is 0 Å². The second-order valence-electron chi connectivity index (χ2n) is 9.54. The maximum absolute atomic E-state index is 12.6. The van der Waals surface area contributed by atoms with Crippen LogP contribution in [0.15, 0.2) is 67.0 Å². The van der Waals surface area contributed by atoms with E-state index in [4.69, 9.17) is 4.74 Å². The number of benzene rings is 1. The van der Waals surface area contributed by atoms with Crippen LogP contribution in [-0.2, 0) is 19.3 Å². The maximum Gasteiger partial charge on any atom is 0.433 e. The van der Waals surface area contributed by atoms with E-state index in [-0.39, 0.29) is 12.5 Å². The summed E-state index contributed by atoms with van der Waals surface area (Å²) in [7, 11) is 0. The number of aromatic nitrogens is 3. The summed E-state index contributed by atoms with van der Waals surface area (Å²) in [4.78, 5) is 8.40. The Morgan fingerprint density at radius 3 is 2.35 bits per heavy atom. The van der Waals surface area contributed by atoms with Gasteiger partial charge in [0.25, 0.3) is 0 Å². The normalized spacial score (nSPS) is 19.1. The lowest BCUT2D eigenvalue weighted by molar-refractivity contribution is -0.141. The van der Waals surface area contributed by atoms with Crippen LogP contribution in [0.3, 0.4) is 0 Å². The van der Waals surface area contributed by atoms with Crippen LogP contribution in [0.4, 0.5) is 24.7 Å². The van der Waals surface area contributed by atoms with Crippen LogP contribution in [0, 0.1) is 0 Å². The molecular formula is C27H29F3N6O. The van der Waals surface area contributed by atoms with Gasteiger partial charge in [0.1, 0.15) is 18.1 Å². The highest BCUT2D eigenvalue weighted by Crippen LogP contribution is 2.34. The second-order valence-corrected chi connectivity index (χ2v) is 9.54. The highest BCUT2D eigenvalue weighted by Gasteiger charge is 2.38. The number of piperazine rings is 1. The first-order valence-electron chi connectivity index (χ1n) is 12.3. The standard InChI is InChI=1S/C27H29F3N6O/c1-18(2)35-15-23-9-8-22(35)16-36(23)21-6-3-19(4-7-21)13-32-25-11-12-26(34-33-25)37-17-20-5-10-24(31-14-20)27(28,29)30/h3-7,10-12,14,22-23H,1,8-9,13,15-17H2,2H3,(H,32,33). The molecule has 2 unspecified atom stereocenters. The molecule has 1 aromatic carbocycles. The number of nitrogens with one attached hydrogen (secondary N) is 1. The zero-order valence-corrected chi connectivity index (χ0v) is 20.6. The number of alkyl halides is 3. The number of hydrogen-bond acceptors (Lipinski definition) is 7. The predicted octanol–water partition coefficient (Wildman–Crippen LogP) is 5.27. The van der Waals surface area contributed by atoms with Crippen molar-refractivity contribution in [2.75, 3.05) is 23.3 Å². The van der Waals surface area contributed by atoms with Crippen molar-refractivity contribution in [2.24, 2.45) is 0 Å². The molecule has 3 fully saturated rings. The van der Waals surface area contributed by atoms with Gasteiger partial charge in [-0.15, -0.1) is 10.2 Å². The maximum atomic E-state index is 12.6. The fourth-order valence-electron chi connectivity index (χ4n) is 4.94. The van der Waals surface area contributed by atoms with Gasteiger partial charge in [-0.2, -0.15) is 13.2 Å². The molecule has 0 spiro atoms. The lowest BCUT2D eigenvalue weighted by atomic mass is 9.90. The Hall–Kier alpha value is -3.82. The van der Waals surface area contributed by atoms with E-state index in [1.807, 2.05) is 0 Å². The van der Waals surface area contributed by atoms with Crippen LogP contribution in [0.5, 0.6) is 5.88 Å². The van der Waals surface area contributed by atoms with Crippen LogP contribution < -0.4 is 15.0 Å². The van der Waals surface area contributed by atoms with Gasteiger partial charge in [-0.05, 0) is 49.6 Å². The van der Waals surface area contributed by atoms with Gasteiger partial charge in [0.15, 0.2) is 0 Å². The molecule has 0 radical (unpaired) electrons. The molecule has 3 aliphatic heterocycles. The van der Waals surface area contributed by atoms with Crippen LogP contribution >= 0.6 is 0 Å². The van der Waals surface area contributed by atoms with Crippen molar-refractivity contribution >= 4 is 11.5 Å². The lowest BCUT2D eigenvalue weighted by Gasteiger charge is -2.53. The van der Waals surface area contributed by atoms with E-state index in [0.29, 0.717) is 30.0 Å². The number of halogens is 3. The third-order valence-corrected chi connectivity index (χ3v) is 6.90. The van der Waals surface area contributed by atoms with Gasteiger partial charge < -0.3 is 19.9 Å². The van der Waals surface area contributed by atoms with E-state index in [1.165, 1.54) is 24.6 Å². The molecule has 0 aliphatic carbocycles. The summed E-state index contributed by atoms with van der Waals surface area (Å²) in [6, 6.07) is 15.4. The van der Waals surface area contributed by atoms with Gasteiger partial charge in [-0.3, -0.25) is 4.98 Å². The van der Waals surface area contributed by atoms with Crippen molar-refractivity contribution in [3.8, 4) is 5.88 Å². The molecule has 3 aliphatic rings. The largest absolute Gasteiger partial charge is 0.472 e. The first-order chi connectivity index (χ1) is 17.8. The van der Waals surface area contributed by atoms with E-state index in [1.54, 1.807) is 12.1 Å². The number of pyridine rings is 1. The molecule has 5 heterocycles. The SMILES string of the molecule is C=C(C)N1CC2CCC1CN2c1ccc(CNc2ccc(OCc3ccc(C(F)(F)F)nc3)nn2)cc1. The van der Waals surface area contributed by atoms with E-state index in [2.05, 4.69) is 68.1 Å². The number of ether oxygens (including phenoxy) is 1. The van der Waals surface area contributed by atoms with Gasteiger partial charge in [0.2, 0.25) is 5.88 Å². The Morgan fingerprint density at radius 2 is 1.76 bits per heavy atom. The molecule has 194 valence electrons. The van der Waals surface area contributed by atoms with Crippen molar-refractivity contribution in [1.29, 1.82) is 0 Å². The van der Waals surface area contributed by atoms with Crippen molar-refractivity contribution in [2.45, 2.75) is 51.2 Å². The average Bonchev–Trinajstić information content (AvgIpc) is 2.91. The quantitative estimate of drug-likeness (QED) is 0.443. The van der Waals surface area contributed by atoms with Crippen LogP contribution in [-0.4, -0.2) is 45.3 Å². The molecule has 1 N–H and O–H groups in total. The topological polar surface area (TPSA) is 66.4 Å². The Morgan fingerprint density at radius 1 is 1.00 bits per heavy atom. The molecular weight excluding hydrogens is 481 g/mol. The van der Waals surface area contributed by atoms with Crippen molar-refractivity contribution in [3.63, 3.8) is 0 Å². The monoisotopic (exact) mass is 510 g/mol. The molecule has 0 saturated carbocycles. The summed E-state index contributed by atoms with van der Waals surface area (Å²) in [6.45, 7) is 8.96. The third kappa shape index (κ3) is 5.79. The van der Waals surface area contributed by atoms with E-state index in [9.17, 15) is 13.2 Å². The fourth-order valence-corrected chi connectivity index (χ4v) is 4.94. The Labute approximate surface area is 214 Å². The average molecular weight is 511 g/mol. The fraction of sp³-hybridized carbons (Fsp3) is 0.370. The minimum Gasteiger partial charge on any atom is -0.472 e. The Bertz CT molecular complexity index is 1210. The van der Waals surface area contributed by atoms with Crippen molar-refractivity contribution < 1.29 is 17.9 Å². The van der Waals surface area contributed by atoms with Crippen molar-refractivity contribution in [3.05, 3.63) is 83.8 Å². The van der Waals surface area contributed by atoms with Crippen molar-refractivity contribution in [1.82, 2.24) is 20.1 Å². The smallest absolute Gasteiger partial charge is 0.433 e. The number of nitrogens with zero attached hydrogens (tertiary/aromatic N) is 5. The number of piperidine rings is 2. The zero-order valence-electron chi connectivity index (χ0n) is 20.6. The van der Waals surface area contributed by atoms with Gasteiger partial charge in [0, 0.05) is 60.9 Å². The summed E-state index contributed by atoms with van der Waals surface area (Å²) in [6.07, 6.45) is -0.870. The van der Waals surface area contributed by atoms with Gasteiger partial charge in [-0.1, -0.05) is 24.8 Å². The van der Waals surface area contributed by atoms with Gasteiger partial charge >= 0.3 is 6.18 Å². The summed E-state index contributed by atoms with van der Waals surface area (Å²) < 4.78 is 43.4. The molecule has 0 amide bonds. The Kier molecular flexibility index (Phi) is 6.90.